The highest BCUT2D eigenvalue weighted by Crippen LogP contribution is 2.34. The van der Waals surface area contributed by atoms with Gasteiger partial charge in [0.05, 0.1) is 6.04 Å². The van der Waals surface area contributed by atoms with E-state index in [1.165, 1.54) is 6.07 Å². The second-order valence-corrected chi connectivity index (χ2v) is 5.53. The predicted octanol–water partition coefficient (Wildman–Crippen LogP) is 4.20. The molecule has 0 aliphatic rings. The lowest BCUT2D eigenvalue weighted by Crippen LogP contribution is -2.27. The van der Waals surface area contributed by atoms with Crippen molar-refractivity contribution >= 4 is 11.0 Å². The molecule has 0 aliphatic heterocycles. The molecule has 2 rings (SSSR count). The highest BCUT2D eigenvalue weighted by molar-refractivity contribution is 5.82. The van der Waals surface area contributed by atoms with Gasteiger partial charge >= 0.3 is 0 Å². The van der Waals surface area contributed by atoms with Gasteiger partial charge in [-0.25, -0.2) is 4.39 Å². The monoisotopic (exact) mass is 293 g/mol. The molecule has 0 aliphatic carbocycles. The Labute approximate surface area is 125 Å². The predicted molar refractivity (Wildman–Crippen MR) is 83.0 cm³/mol. The van der Waals surface area contributed by atoms with Crippen LogP contribution in [0.3, 0.4) is 0 Å². The summed E-state index contributed by atoms with van der Waals surface area (Å²) in [4.78, 5) is 0. The second kappa shape index (κ2) is 7.05. The zero-order valence-electron chi connectivity index (χ0n) is 13.2. The van der Waals surface area contributed by atoms with Crippen LogP contribution in [-0.2, 0) is 4.74 Å². The molecule has 4 heteroatoms. The van der Waals surface area contributed by atoms with Crippen LogP contribution < -0.4 is 5.32 Å². The lowest BCUT2D eigenvalue weighted by Gasteiger charge is -2.23. The molecule has 116 valence electrons. The van der Waals surface area contributed by atoms with Crippen LogP contribution >= 0.6 is 0 Å². The first-order valence-corrected chi connectivity index (χ1v) is 7.49. The lowest BCUT2D eigenvalue weighted by atomic mass is 9.94. The molecule has 0 radical (unpaired) electrons. The van der Waals surface area contributed by atoms with E-state index in [9.17, 15) is 4.39 Å². The van der Waals surface area contributed by atoms with E-state index in [2.05, 4.69) is 19.2 Å². The Kier molecular flexibility index (Phi) is 5.37. The Morgan fingerprint density at radius 1 is 1.38 bits per heavy atom. The van der Waals surface area contributed by atoms with E-state index in [1.54, 1.807) is 19.2 Å². The molecule has 1 heterocycles. The summed E-state index contributed by atoms with van der Waals surface area (Å²) in [6, 6.07) is 4.79. The summed E-state index contributed by atoms with van der Waals surface area (Å²) in [5, 5.41) is 4.33. The van der Waals surface area contributed by atoms with Crippen molar-refractivity contribution in [3.8, 4) is 0 Å². The Balaban J connectivity index is 2.37. The summed E-state index contributed by atoms with van der Waals surface area (Å²) < 4.78 is 24.6. The van der Waals surface area contributed by atoms with Gasteiger partial charge in [0.25, 0.3) is 0 Å². The Morgan fingerprint density at radius 2 is 2.14 bits per heavy atom. The van der Waals surface area contributed by atoms with Crippen molar-refractivity contribution < 1.29 is 13.5 Å². The third kappa shape index (κ3) is 3.44. The number of aryl methyl sites for hydroxylation is 1. The van der Waals surface area contributed by atoms with E-state index in [-0.39, 0.29) is 11.9 Å². The van der Waals surface area contributed by atoms with Crippen LogP contribution in [0, 0.1) is 18.7 Å². The van der Waals surface area contributed by atoms with E-state index in [0.29, 0.717) is 5.92 Å². The van der Waals surface area contributed by atoms with Crippen molar-refractivity contribution in [2.75, 3.05) is 20.3 Å². The van der Waals surface area contributed by atoms with Crippen molar-refractivity contribution in [1.82, 2.24) is 5.32 Å². The van der Waals surface area contributed by atoms with Crippen LogP contribution in [0.1, 0.15) is 37.6 Å². The number of hydrogen-bond acceptors (Lipinski definition) is 3. The topological polar surface area (TPSA) is 34.4 Å². The van der Waals surface area contributed by atoms with Crippen LogP contribution in [-0.4, -0.2) is 20.3 Å². The number of ether oxygens (including phenoxy) is 1. The number of methoxy groups -OCH3 is 1. The number of nitrogens with one attached hydrogen (secondary N) is 1. The molecule has 1 aromatic heterocycles. The SMILES string of the molecule is CCNC(c1oc2ccc(F)cc2c1C)C(C)CCOC. The Morgan fingerprint density at radius 3 is 2.81 bits per heavy atom. The van der Waals surface area contributed by atoms with E-state index < -0.39 is 0 Å². The quantitative estimate of drug-likeness (QED) is 0.830. The maximum absolute atomic E-state index is 13.4. The van der Waals surface area contributed by atoms with Crippen LogP contribution in [0.4, 0.5) is 4.39 Å². The molecule has 1 N–H and O–H groups in total. The first kappa shape index (κ1) is 16.0. The average molecular weight is 293 g/mol. The van der Waals surface area contributed by atoms with Gasteiger partial charge in [0, 0.05) is 24.7 Å². The molecule has 0 saturated heterocycles. The molecule has 0 saturated carbocycles. The largest absolute Gasteiger partial charge is 0.459 e. The molecule has 0 spiro atoms. The van der Waals surface area contributed by atoms with E-state index in [1.807, 2.05) is 6.92 Å². The van der Waals surface area contributed by atoms with E-state index in [0.717, 1.165) is 41.9 Å². The summed E-state index contributed by atoms with van der Waals surface area (Å²) in [5.41, 5.74) is 1.76. The smallest absolute Gasteiger partial charge is 0.134 e. The van der Waals surface area contributed by atoms with Crippen LogP contribution in [0.2, 0.25) is 0 Å². The highest BCUT2D eigenvalue weighted by Gasteiger charge is 2.25. The van der Waals surface area contributed by atoms with Gasteiger partial charge in [-0.1, -0.05) is 13.8 Å². The summed E-state index contributed by atoms with van der Waals surface area (Å²) in [6.45, 7) is 7.82. The van der Waals surface area contributed by atoms with Gasteiger partial charge in [0.15, 0.2) is 0 Å². The maximum atomic E-state index is 13.4. The van der Waals surface area contributed by atoms with Crippen LogP contribution in [0.25, 0.3) is 11.0 Å². The van der Waals surface area contributed by atoms with Gasteiger partial charge in [0.1, 0.15) is 17.2 Å². The van der Waals surface area contributed by atoms with Crippen LogP contribution in [0.15, 0.2) is 22.6 Å². The third-order valence-corrected chi connectivity index (χ3v) is 3.99. The molecular formula is C17H24FNO2. The normalized spacial score (nSPS) is 14.5. The van der Waals surface area contributed by atoms with E-state index in [4.69, 9.17) is 9.15 Å². The van der Waals surface area contributed by atoms with Crippen molar-refractivity contribution in [3.05, 3.63) is 35.3 Å². The van der Waals surface area contributed by atoms with E-state index >= 15 is 0 Å². The number of furan rings is 1. The molecule has 0 fully saturated rings. The number of rotatable bonds is 7. The summed E-state index contributed by atoms with van der Waals surface area (Å²) in [6.07, 6.45) is 0.943. The summed E-state index contributed by atoms with van der Waals surface area (Å²) in [5.74, 6) is 1.04. The first-order chi connectivity index (χ1) is 10.1. The highest BCUT2D eigenvalue weighted by atomic mass is 19.1. The molecule has 0 bridgehead atoms. The zero-order valence-corrected chi connectivity index (χ0v) is 13.2. The average Bonchev–Trinajstić information content (AvgIpc) is 2.79. The summed E-state index contributed by atoms with van der Waals surface area (Å²) in [7, 11) is 1.71. The van der Waals surface area contributed by atoms with Gasteiger partial charge in [-0.3, -0.25) is 0 Å². The second-order valence-electron chi connectivity index (χ2n) is 5.53. The molecule has 21 heavy (non-hydrogen) atoms. The van der Waals surface area contributed by atoms with Gasteiger partial charge in [-0.2, -0.15) is 0 Å². The van der Waals surface area contributed by atoms with Crippen LogP contribution in [0.5, 0.6) is 0 Å². The number of fused-ring (bicyclic) bond motifs is 1. The molecule has 3 nitrogen and oxygen atoms in total. The van der Waals surface area contributed by atoms with Crippen molar-refractivity contribution in [2.45, 2.75) is 33.2 Å². The molecule has 2 atom stereocenters. The zero-order chi connectivity index (χ0) is 15.4. The fourth-order valence-corrected chi connectivity index (χ4v) is 2.75. The fourth-order valence-electron chi connectivity index (χ4n) is 2.75. The number of benzene rings is 1. The number of halogens is 1. The van der Waals surface area contributed by atoms with Crippen molar-refractivity contribution in [1.29, 1.82) is 0 Å². The number of hydrogen-bond donors (Lipinski definition) is 1. The Hall–Kier alpha value is -1.39. The maximum Gasteiger partial charge on any atom is 0.134 e. The van der Waals surface area contributed by atoms with Gasteiger partial charge in [-0.15, -0.1) is 0 Å². The minimum absolute atomic E-state index is 0.112. The van der Waals surface area contributed by atoms with Crippen molar-refractivity contribution in [3.63, 3.8) is 0 Å². The molecule has 0 amide bonds. The third-order valence-electron chi connectivity index (χ3n) is 3.99. The minimum atomic E-state index is -0.231. The molecule has 2 unspecified atom stereocenters. The summed E-state index contributed by atoms with van der Waals surface area (Å²) >= 11 is 0. The minimum Gasteiger partial charge on any atom is -0.459 e. The first-order valence-electron chi connectivity index (χ1n) is 7.49. The van der Waals surface area contributed by atoms with Gasteiger partial charge in [-0.05, 0) is 44.0 Å². The molecule has 1 aromatic carbocycles. The molecular weight excluding hydrogens is 269 g/mol. The van der Waals surface area contributed by atoms with Gasteiger partial charge < -0.3 is 14.5 Å². The van der Waals surface area contributed by atoms with Crippen molar-refractivity contribution in [2.24, 2.45) is 5.92 Å². The fraction of sp³-hybridized carbons (Fsp3) is 0.529. The molecule has 2 aromatic rings. The Bertz CT molecular complexity index is 594. The van der Waals surface area contributed by atoms with Gasteiger partial charge in [0.2, 0.25) is 0 Å². The standard InChI is InChI=1S/C17H24FNO2/c1-5-19-16(11(2)8-9-20-4)17-12(3)14-10-13(18)6-7-15(14)21-17/h6-7,10-11,16,19H,5,8-9H2,1-4H3. The lowest BCUT2D eigenvalue weighted by molar-refractivity contribution is 0.167.